The van der Waals surface area contributed by atoms with E-state index in [4.69, 9.17) is 0 Å². The second kappa shape index (κ2) is 6.01. The van der Waals surface area contributed by atoms with Crippen molar-refractivity contribution in [3.8, 4) is 0 Å². The Morgan fingerprint density at radius 1 is 1.20 bits per heavy atom. The molecule has 20 heavy (non-hydrogen) atoms. The Hall–Kier alpha value is -1.94. The zero-order valence-corrected chi connectivity index (χ0v) is 12.2. The van der Waals surface area contributed by atoms with E-state index in [1.807, 2.05) is 12.3 Å². The number of nitrogens with zero attached hydrogens (tertiary/aromatic N) is 1. The highest BCUT2D eigenvalue weighted by Gasteiger charge is 2.05. The number of aromatic amines is 1. The Balaban J connectivity index is 1.76. The van der Waals surface area contributed by atoms with Crippen molar-refractivity contribution < 1.29 is 0 Å². The molecule has 0 aliphatic carbocycles. The third kappa shape index (κ3) is 2.80. The number of thioether (sulfide) groups is 1. The number of pyridine rings is 1. The van der Waals surface area contributed by atoms with Crippen LogP contribution in [0.1, 0.15) is 12.5 Å². The summed E-state index contributed by atoms with van der Waals surface area (Å²) in [6.45, 7) is 2.98. The zero-order valence-electron chi connectivity index (χ0n) is 11.4. The minimum absolute atomic E-state index is 0.890. The summed E-state index contributed by atoms with van der Waals surface area (Å²) in [5.74, 6) is 1.89. The second-order valence-electron chi connectivity index (χ2n) is 4.55. The first-order valence-electron chi connectivity index (χ1n) is 6.75. The van der Waals surface area contributed by atoms with E-state index in [9.17, 15) is 0 Å². The number of nitrogens with one attached hydrogen (secondary N) is 2. The predicted octanol–water partition coefficient (Wildman–Crippen LogP) is 4.29. The van der Waals surface area contributed by atoms with Crippen LogP contribution in [0.5, 0.6) is 0 Å². The molecule has 3 rings (SSSR count). The maximum absolute atomic E-state index is 4.39. The molecule has 0 aliphatic heterocycles. The van der Waals surface area contributed by atoms with E-state index in [-0.39, 0.29) is 0 Å². The van der Waals surface area contributed by atoms with Crippen LogP contribution in [0.25, 0.3) is 10.9 Å². The first-order valence-corrected chi connectivity index (χ1v) is 7.73. The third-order valence-electron chi connectivity index (χ3n) is 3.12. The van der Waals surface area contributed by atoms with Gasteiger partial charge >= 0.3 is 0 Å². The van der Waals surface area contributed by atoms with Gasteiger partial charge in [0.05, 0.1) is 5.03 Å². The van der Waals surface area contributed by atoms with Gasteiger partial charge in [-0.3, -0.25) is 0 Å². The van der Waals surface area contributed by atoms with E-state index < -0.39 is 0 Å². The lowest BCUT2D eigenvalue weighted by Gasteiger charge is -2.08. The van der Waals surface area contributed by atoms with Gasteiger partial charge in [-0.15, -0.1) is 11.8 Å². The van der Waals surface area contributed by atoms with Crippen molar-refractivity contribution in [3.05, 3.63) is 54.2 Å². The quantitative estimate of drug-likeness (QED) is 0.686. The molecule has 1 aromatic carbocycles. The van der Waals surface area contributed by atoms with Crippen molar-refractivity contribution in [1.82, 2.24) is 9.97 Å². The molecule has 0 saturated heterocycles. The molecule has 3 nitrogen and oxygen atoms in total. The molecule has 0 bridgehead atoms. The fraction of sp³-hybridized carbons (Fsp3) is 0.188. The van der Waals surface area contributed by atoms with Crippen LogP contribution in [0.4, 0.5) is 5.82 Å². The molecule has 0 unspecified atom stereocenters. The molecule has 0 radical (unpaired) electrons. The molecular weight excluding hydrogens is 266 g/mol. The normalized spacial score (nSPS) is 10.8. The summed E-state index contributed by atoms with van der Waals surface area (Å²) < 4.78 is 0. The number of anilines is 1. The Labute approximate surface area is 122 Å². The van der Waals surface area contributed by atoms with Crippen LogP contribution in [0.15, 0.2) is 53.7 Å². The number of hydrogen-bond donors (Lipinski definition) is 2. The Bertz CT molecular complexity index is 673. The number of para-hydroxylation sites is 1. The van der Waals surface area contributed by atoms with E-state index >= 15 is 0 Å². The minimum Gasteiger partial charge on any atom is -0.370 e. The Kier molecular flexibility index (Phi) is 3.92. The molecule has 3 aromatic rings. The molecular formula is C16H17N3S. The van der Waals surface area contributed by atoms with Gasteiger partial charge in [-0.25, -0.2) is 4.98 Å². The molecule has 0 spiro atoms. The standard InChI is InChI=1S/C16H17N3S/c1-2-17-16-13(7-5-9-18-16)11-20-15-10-12-6-3-4-8-14(12)19-15/h3-10,19H,2,11H2,1H3,(H,17,18). The van der Waals surface area contributed by atoms with Crippen molar-refractivity contribution >= 4 is 28.5 Å². The monoisotopic (exact) mass is 283 g/mol. The van der Waals surface area contributed by atoms with E-state index in [2.05, 4.69) is 58.6 Å². The van der Waals surface area contributed by atoms with Crippen LogP contribution in [0.3, 0.4) is 0 Å². The average Bonchev–Trinajstić information content (AvgIpc) is 2.89. The van der Waals surface area contributed by atoms with Gasteiger partial charge in [0.2, 0.25) is 0 Å². The maximum Gasteiger partial charge on any atom is 0.129 e. The predicted molar refractivity (Wildman–Crippen MR) is 86.3 cm³/mol. The lowest BCUT2D eigenvalue weighted by atomic mass is 10.3. The van der Waals surface area contributed by atoms with Gasteiger partial charge in [-0.05, 0) is 25.1 Å². The van der Waals surface area contributed by atoms with Crippen LogP contribution in [0.2, 0.25) is 0 Å². The third-order valence-corrected chi connectivity index (χ3v) is 4.11. The fourth-order valence-electron chi connectivity index (χ4n) is 2.16. The second-order valence-corrected chi connectivity index (χ2v) is 5.57. The van der Waals surface area contributed by atoms with Crippen molar-refractivity contribution in [1.29, 1.82) is 0 Å². The number of aromatic nitrogens is 2. The van der Waals surface area contributed by atoms with Gasteiger partial charge < -0.3 is 10.3 Å². The van der Waals surface area contributed by atoms with Gasteiger partial charge in [-0.1, -0.05) is 24.3 Å². The molecule has 0 aliphatic rings. The van der Waals surface area contributed by atoms with Crippen LogP contribution >= 0.6 is 11.8 Å². The summed E-state index contributed by atoms with van der Waals surface area (Å²) in [4.78, 5) is 7.83. The molecule has 0 fully saturated rings. The number of H-pyrrole nitrogens is 1. The van der Waals surface area contributed by atoms with E-state index in [1.165, 1.54) is 21.5 Å². The van der Waals surface area contributed by atoms with Crippen molar-refractivity contribution in [3.63, 3.8) is 0 Å². The SMILES string of the molecule is CCNc1ncccc1CSc1cc2ccccc2[nH]1. The summed E-state index contributed by atoms with van der Waals surface area (Å²) in [5.41, 5.74) is 2.42. The molecule has 102 valence electrons. The molecule has 0 saturated carbocycles. The molecule has 0 amide bonds. The van der Waals surface area contributed by atoms with Crippen molar-refractivity contribution in [2.45, 2.75) is 17.7 Å². The van der Waals surface area contributed by atoms with E-state index in [0.717, 1.165) is 18.1 Å². The summed E-state index contributed by atoms with van der Waals surface area (Å²) in [6, 6.07) is 14.7. The van der Waals surface area contributed by atoms with Crippen LogP contribution in [0, 0.1) is 0 Å². The van der Waals surface area contributed by atoms with Gasteiger partial charge in [0, 0.05) is 35.0 Å². The Morgan fingerprint density at radius 3 is 2.95 bits per heavy atom. The van der Waals surface area contributed by atoms with Gasteiger partial charge in [0.15, 0.2) is 0 Å². The highest BCUT2D eigenvalue weighted by atomic mass is 32.2. The lowest BCUT2D eigenvalue weighted by molar-refractivity contribution is 1.13. The Morgan fingerprint density at radius 2 is 2.10 bits per heavy atom. The lowest BCUT2D eigenvalue weighted by Crippen LogP contribution is -2.02. The number of benzene rings is 1. The summed E-state index contributed by atoms with van der Waals surface area (Å²) in [6.07, 6.45) is 1.83. The number of rotatable bonds is 5. The van der Waals surface area contributed by atoms with Crippen LogP contribution in [-0.4, -0.2) is 16.5 Å². The topological polar surface area (TPSA) is 40.7 Å². The van der Waals surface area contributed by atoms with E-state index in [0.29, 0.717) is 0 Å². The van der Waals surface area contributed by atoms with Crippen LogP contribution < -0.4 is 5.32 Å². The van der Waals surface area contributed by atoms with E-state index in [1.54, 1.807) is 11.8 Å². The van der Waals surface area contributed by atoms with Crippen molar-refractivity contribution in [2.24, 2.45) is 0 Å². The van der Waals surface area contributed by atoms with Crippen LogP contribution in [-0.2, 0) is 5.75 Å². The highest BCUT2D eigenvalue weighted by Crippen LogP contribution is 2.27. The summed E-state index contributed by atoms with van der Waals surface area (Å²) in [7, 11) is 0. The molecule has 0 atom stereocenters. The number of fused-ring (bicyclic) bond motifs is 1. The summed E-state index contributed by atoms with van der Waals surface area (Å²) in [5, 5.41) is 5.75. The largest absolute Gasteiger partial charge is 0.370 e. The smallest absolute Gasteiger partial charge is 0.129 e. The fourth-order valence-corrected chi connectivity index (χ4v) is 3.10. The van der Waals surface area contributed by atoms with Crippen molar-refractivity contribution in [2.75, 3.05) is 11.9 Å². The molecule has 2 heterocycles. The van der Waals surface area contributed by atoms with Gasteiger partial charge in [0.1, 0.15) is 5.82 Å². The summed E-state index contributed by atoms with van der Waals surface area (Å²) >= 11 is 1.80. The average molecular weight is 283 g/mol. The zero-order chi connectivity index (χ0) is 13.8. The number of hydrogen-bond acceptors (Lipinski definition) is 3. The first kappa shape index (κ1) is 13.1. The van der Waals surface area contributed by atoms with Gasteiger partial charge in [0.25, 0.3) is 0 Å². The molecule has 4 heteroatoms. The molecule has 2 N–H and O–H groups in total. The minimum atomic E-state index is 0.890. The first-order chi connectivity index (χ1) is 9.86. The molecule has 2 aromatic heterocycles. The maximum atomic E-state index is 4.39. The van der Waals surface area contributed by atoms with Gasteiger partial charge in [-0.2, -0.15) is 0 Å². The highest BCUT2D eigenvalue weighted by molar-refractivity contribution is 7.98.